The Morgan fingerprint density at radius 1 is 1.16 bits per heavy atom. The first-order valence-electron chi connectivity index (χ1n) is 8.28. The summed E-state index contributed by atoms with van der Waals surface area (Å²) in [4.78, 5) is 12.9. The molecule has 4 rings (SSSR count). The van der Waals surface area contributed by atoms with Crippen molar-refractivity contribution in [3.05, 3.63) is 69.3 Å². The zero-order chi connectivity index (χ0) is 18.0. The minimum Gasteiger partial charge on any atom is -0.462 e. The molecule has 5 nitrogen and oxygen atoms in total. The van der Waals surface area contributed by atoms with E-state index in [1.54, 1.807) is 12.1 Å². The van der Waals surface area contributed by atoms with Gasteiger partial charge in [-0.05, 0) is 50.1 Å². The number of hydrogen-bond donors (Lipinski definition) is 0. The second-order valence-corrected chi connectivity index (χ2v) is 7.25. The number of ether oxygens (including phenoxy) is 1. The molecular weight excluding hydrogens is 316 g/mol. The third-order valence-electron chi connectivity index (χ3n) is 5.63. The highest BCUT2D eigenvalue weighted by Gasteiger charge is 2.60. The maximum Gasteiger partial charge on any atom is 0.270 e. The minimum absolute atomic E-state index is 0.0738. The highest BCUT2D eigenvalue weighted by atomic mass is 16.6. The maximum absolute atomic E-state index is 11.1. The normalized spacial score (nSPS) is 22.9. The number of nitrogens with zero attached hydrogens (tertiary/aromatic N) is 2. The van der Waals surface area contributed by atoms with Crippen LogP contribution in [0, 0.1) is 10.1 Å². The molecule has 0 bridgehead atoms. The second kappa shape index (κ2) is 4.85. The molecule has 1 atom stereocenters. The second-order valence-electron chi connectivity index (χ2n) is 7.25. The molecule has 5 heteroatoms. The van der Waals surface area contributed by atoms with Crippen molar-refractivity contribution in [3.8, 4) is 5.75 Å². The van der Waals surface area contributed by atoms with Crippen molar-refractivity contribution in [3.63, 3.8) is 0 Å². The molecule has 0 aromatic heterocycles. The van der Waals surface area contributed by atoms with Crippen molar-refractivity contribution in [1.82, 2.24) is 0 Å². The molecule has 25 heavy (non-hydrogen) atoms. The first-order chi connectivity index (χ1) is 11.8. The number of benzene rings is 2. The third-order valence-corrected chi connectivity index (χ3v) is 5.63. The molecule has 0 amide bonds. The van der Waals surface area contributed by atoms with Gasteiger partial charge < -0.3 is 9.64 Å². The van der Waals surface area contributed by atoms with E-state index in [0.717, 1.165) is 16.8 Å². The molecule has 0 radical (unpaired) electrons. The van der Waals surface area contributed by atoms with Crippen molar-refractivity contribution in [1.29, 1.82) is 0 Å². The van der Waals surface area contributed by atoms with Crippen LogP contribution in [-0.4, -0.2) is 17.7 Å². The van der Waals surface area contributed by atoms with E-state index in [2.05, 4.69) is 30.9 Å². The zero-order valence-electron chi connectivity index (χ0n) is 14.7. The number of hydrogen-bond acceptors (Lipinski definition) is 4. The lowest BCUT2D eigenvalue weighted by molar-refractivity contribution is -0.384. The van der Waals surface area contributed by atoms with Gasteiger partial charge in [-0.3, -0.25) is 10.1 Å². The Morgan fingerprint density at radius 3 is 2.56 bits per heavy atom. The molecule has 0 N–H and O–H groups in total. The lowest BCUT2D eigenvalue weighted by Crippen LogP contribution is -2.60. The van der Waals surface area contributed by atoms with Gasteiger partial charge in [0.2, 0.25) is 5.72 Å². The van der Waals surface area contributed by atoms with Crippen LogP contribution in [0.3, 0.4) is 0 Å². The van der Waals surface area contributed by atoms with Crippen LogP contribution in [0.4, 0.5) is 11.4 Å². The summed E-state index contributed by atoms with van der Waals surface area (Å²) >= 11 is 0. The monoisotopic (exact) mass is 336 g/mol. The van der Waals surface area contributed by atoms with Gasteiger partial charge in [-0.15, -0.1) is 0 Å². The van der Waals surface area contributed by atoms with Crippen molar-refractivity contribution in [2.24, 2.45) is 0 Å². The minimum atomic E-state index is -0.653. The lowest BCUT2D eigenvalue weighted by atomic mass is 9.73. The average molecular weight is 336 g/mol. The Morgan fingerprint density at radius 2 is 1.88 bits per heavy atom. The Labute approximate surface area is 146 Å². The number of fused-ring (bicyclic) bond motifs is 2. The van der Waals surface area contributed by atoms with E-state index in [4.69, 9.17) is 4.74 Å². The predicted molar refractivity (Wildman–Crippen MR) is 98.0 cm³/mol. The molecule has 2 heterocycles. The Bertz CT molecular complexity index is 932. The van der Waals surface area contributed by atoms with Crippen LogP contribution < -0.4 is 9.64 Å². The fourth-order valence-electron chi connectivity index (χ4n) is 4.45. The van der Waals surface area contributed by atoms with E-state index in [1.165, 1.54) is 11.6 Å². The van der Waals surface area contributed by atoms with Crippen molar-refractivity contribution in [2.45, 2.75) is 31.9 Å². The van der Waals surface area contributed by atoms with Crippen LogP contribution in [0.15, 0.2) is 48.0 Å². The number of nitro benzene ring substituents is 1. The van der Waals surface area contributed by atoms with Gasteiger partial charge in [0.05, 0.1) is 10.3 Å². The average Bonchev–Trinajstić information content (AvgIpc) is 2.75. The number of non-ortho nitro benzene ring substituents is 1. The highest BCUT2D eigenvalue weighted by Crippen LogP contribution is 2.56. The topological polar surface area (TPSA) is 55.6 Å². The summed E-state index contributed by atoms with van der Waals surface area (Å²) in [5.74, 6) is 0.670. The molecular formula is C20H20N2O3. The Balaban J connectivity index is 1.91. The molecule has 0 saturated carbocycles. The van der Waals surface area contributed by atoms with E-state index in [0.29, 0.717) is 5.75 Å². The molecule has 128 valence electrons. The fraction of sp³-hybridized carbons (Fsp3) is 0.300. The summed E-state index contributed by atoms with van der Waals surface area (Å²) in [5, 5.41) is 11.1. The van der Waals surface area contributed by atoms with Gasteiger partial charge in [0.25, 0.3) is 5.69 Å². The molecule has 1 unspecified atom stereocenters. The van der Waals surface area contributed by atoms with Crippen molar-refractivity contribution < 1.29 is 9.66 Å². The Hall–Kier alpha value is -2.82. The third kappa shape index (κ3) is 1.83. The molecule has 2 aromatic carbocycles. The summed E-state index contributed by atoms with van der Waals surface area (Å²) in [6, 6.07) is 13.1. The molecule has 2 aliphatic heterocycles. The van der Waals surface area contributed by atoms with Gasteiger partial charge in [-0.1, -0.05) is 18.2 Å². The molecule has 0 aliphatic carbocycles. The van der Waals surface area contributed by atoms with Crippen LogP contribution in [0.5, 0.6) is 5.75 Å². The van der Waals surface area contributed by atoms with Crippen molar-refractivity contribution in [2.75, 3.05) is 11.9 Å². The number of nitro groups is 1. The van der Waals surface area contributed by atoms with E-state index in [-0.39, 0.29) is 16.0 Å². The molecule has 2 aromatic rings. The van der Waals surface area contributed by atoms with E-state index >= 15 is 0 Å². The van der Waals surface area contributed by atoms with Crippen molar-refractivity contribution >= 4 is 17.5 Å². The van der Waals surface area contributed by atoms with Crippen LogP contribution >= 0.6 is 0 Å². The standard InChI is InChI=1S/C20H20N2O3/c1-13-11-14-12-15(22(23)24)9-10-18(14)25-20(13)19(2,3)16-7-5-6-8-17(16)21(20)4/h5-12H,1-4H3. The van der Waals surface area contributed by atoms with E-state index < -0.39 is 5.72 Å². The smallest absolute Gasteiger partial charge is 0.270 e. The van der Waals surface area contributed by atoms with Crippen LogP contribution in [-0.2, 0) is 5.41 Å². The summed E-state index contributed by atoms with van der Waals surface area (Å²) in [7, 11) is 2.04. The SMILES string of the molecule is CC1=Cc2cc([N+](=O)[O-])ccc2OC12N(C)c1ccccc1C2(C)C. The van der Waals surface area contributed by atoms with E-state index in [9.17, 15) is 10.1 Å². The lowest BCUT2D eigenvalue weighted by Gasteiger charge is -2.48. The van der Waals surface area contributed by atoms with Gasteiger partial charge in [-0.25, -0.2) is 0 Å². The van der Waals surface area contributed by atoms with Gasteiger partial charge in [0.15, 0.2) is 0 Å². The maximum atomic E-state index is 11.1. The Kier molecular flexibility index (Phi) is 3.04. The number of para-hydroxylation sites is 1. The summed E-state index contributed by atoms with van der Waals surface area (Å²) in [6.07, 6.45) is 2.01. The first-order valence-corrected chi connectivity index (χ1v) is 8.28. The summed E-state index contributed by atoms with van der Waals surface area (Å²) < 4.78 is 6.57. The quantitative estimate of drug-likeness (QED) is 0.568. The van der Waals surface area contributed by atoms with Crippen LogP contribution in [0.25, 0.3) is 6.08 Å². The van der Waals surface area contributed by atoms with Gasteiger partial charge >= 0.3 is 0 Å². The molecule has 0 saturated heterocycles. The highest BCUT2D eigenvalue weighted by molar-refractivity contribution is 5.75. The van der Waals surface area contributed by atoms with Crippen LogP contribution in [0.2, 0.25) is 0 Å². The number of likely N-dealkylation sites (N-methyl/N-ethyl adjacent to an activating group) is 1. The largest absolute Gasteiger partial charge is 0.462 e. The summed E-state index contributed by atoms with van der Waals surface area (Å²) in [5.41, 5.74) is 3.30. The molecule has 1 spiro atoms. The molecule has 2 aliphatic rings. The van der Waals surface area contributed by atoms with E-state index in [1.807, 2.05) is 32.2 Å². The summed E-state index contributed by atoms with van der Waals surface area (Å²) in [6.45, 7) is 6.40. The number of rotatable bonds is 1. The van der Waals surface area contributed by atoms with Gasteiger partial charge in [0.1, 0.15) is 5.75 Å². The first kappa shape index (κ1) is 15.7. The number of anilines is 1. The zero-order valence-corrected chi connectivity index (χ0v) is 14.7. The van der Waals surface area contributed by atoms with Gasteiger partial charge in [-0.2, -0.15) is 0 Å². The van der Waals surface area contributed by atoms with Gasteiger partial charge in [0, 0.05) is 30.4 Å². The predicted octanol–water partition coefficient (Wildman–Crippen LogP) is 4.51. The fourth-order valence-corrected chi connectivity index (χ4v) is 4.45. The molecule has 0 fully saturated rings. The van der Waals surface area contributed by atoms with Crippen LogP contribution in [0.1, 0.15) is 31.9 Å².